The second-order valence-corrected chi connectivity index (χ2v) is 11.1. The molecule has 8 nitrogen and oxygen atoms in total. The minimum absolute atomic E-state index is 0.0860. The number of nitriles is 1. The summed E-state index contributed by atoms with van der Waals surface area (Å²) in [6.07, 6.45) is 12.7. The normalized spacial score (nSPS) is 24.9. The number of carbonyl (C=O) groups is 2. The molecule has 2 aromatic rings. The summed E-state index contributed by atoms with van der Waals surface area (Å²) in [6.45, 7) is 3.79. The summed E-state index contributed by atoms with van der Waals surface area (Å²) in [6, 6.07) is 10.3. The molecular weight excluding hydrogens is 466 g/mol. The van der Waals surface area contributed by atoms with Crippen molar-refractivity contribution in [2.24, 2.45) is 11.7 Å². The van der Waals surface area contributed by atoms with Gasteiger partial charge in [-0.25, -0.2) is 0 Å². The van der Waals surface area contributed by atoms with Gasteiger partial charge in [0.05, 0.1) is 35.7 Å². The number of rotatable bonds is 9. The monoisotopic (exact) mass is 499 g/mol. The van der Waals surface area contributed by atoms with Crippen molar-refractivity contribution in [3.63, 3.8) is 0 Å². The summed E-state index contributed by atoms with van der Waals surface area (Å²) in [7, 11) is 0. The molecule has 2 N–H and O–H groups in total. The molecule has 1 saturated heterocycles. The molecule has 0 atom stereocenters. The minimum Gasteiger partial charge on any atom is -0.485 e. The van der Waals surface area contributed by atoms with Gasteiger partial charge in [0, 0.05) is 36.8 Å². The van der Waals surface area contributed by atoms with Crippen LogP contribution in [0.3, 0.4) is 0 Å². The smallest absolute Gasteiger partial charge is 0.252 e. The number of nitrogens with zero attached hydrogens (tertiary/aromatic N) is 4. The summed E-state index contributed by atoms with van der Waals surface area (Å²) in [5.41, 5.74) is 6.44. The van der Waals surface area contributed by atoms with Crippen LogP contribution in [0.25, 0.3) is 0 Å². The van der Waals surface area contributed by atoms with Crippen molar-refractivity contribution >= 4 is 11.7 Å². The molecule has 192 valence electrons. The molecule has 0 unspecified atom stereocenters. The Morgan fingerprint density at radius 2 is 1.86 bits per heavy atom. The van der Waals surface area contributed by atoms with Gasteiger partial charge in [-0.3, -0.25) is 19.2 Å². The molecule has 37 heavy (non-hydrogen) atoms. The molecule has 8 heteroatoms. The molecule has 0 spiro atoms. The highest BCUT2D eigenvalue weighted by molar-refractivity contribution is 5.95. The number of benzene rings is 1. The van der Waals surface area contributed by atoms with E-state index in [0.29, 0.717) is 23.7 Å². The van der Waals surface area contributed by atoms with Crippen LogP contribution >= 0.6 is 0 Å². The second-order valence-electron chi connectivity index (χ2n) is 11.1. The Hall–Kier alpha value is -3.62. The third-order valence-corrected chi connectivity index (χ3v) is 8.19. The van der Waals surface area contributed by atoms with Crippen LogP contribution in [0.15, 0.2) is 30.5 Å². The van der Waals surface area contributed by atoms with Crippen LogP contribution in [-0.2, 0) is 16.8 Å². The first-order chi connectivity index (χ1) is 17.7. The van der Waals surface area contributed by atoms with Gasteiger partial charge in [0.25, 0.3) is 5.91 Å². The number of amides is 1. The lowest BCUT2D eigenvalue weighted by Crippen LogP contribution is -2.66. The largest absolute Gasteiger partial charge is 0.485 e. The van der Waals surface area contributed by atoms with E-state index in [1.807, 2.05) is 24.3 Å². The molecule has 1 aromatic heterocycles. The Kier molecular flexibility index (Phi) is 6.56. The average molecular weight is 500 g/mol. The molecule has 1 aromatic carbocycles. The highest BCUT2D eigenvalue weighted by Crippen LogP contribution is 2.42. The van der Waals surface area contributed by atoms with Crippen LogP contribution < -0.4 is 10.5 Å². The van der Waals surface area contributed by atoms with Gasteiger partial charge >= 0.3 is 0 Å². The quantitative estimate of drug-likeness (QED) is 0.530. The summed E-state index contributed by atoms with van der Waals surface area (Å²) in [4.78, 5) is 27.0. The topological polar surface area (TPSA) is 114 Å². The molecule has 2 saturated carbocycles. The zero-order valence-corrected chi connectivity index (χ0v) is 21.3. The predicted molar refractivity (Wildman–Crippen MR) is 138 cm³/mol. The number of hydrogen-bond acceptors (Lipinski definition) is 6. The average Bonchev–Trinajstić information content (AvgIpc) is 3.63. The van der Waals surface area contributed by atoms with Crippen LogP contribution in [0.4, 0.5) is 0 Å². The Balaban J connectivity index is 1.23. The Labute approximate surface area is 217 Å². The van der Waals surface area contributed by atoms with Gasteiger partial charge in [-0.15, -0.1) is 6.42 Å². The van der Waals surface area contributed by atoms with E-state index in [9.17, 15) is 14.9 Å². The molecule has 2 aliphatic carbocycles. The van der Waals surface area contributed by atoms with E-state index in [1.165, 1.54) is 0 Å². The van der Waals surface area contributed by atoms with Gasteiger partial charge in [0.2, 0.25) is 0 Å². The van der Waals surface area contributed by atoms with Crippen LogP contribution in [0.2, 0.25) is 0 Å². The van der Waals surface area contributed by atoms with Crippen LogP contribution in [0, 0.1) is 29.6 Å². The van der Waals surface area contributed by atoms with E-state index in [2.05, 4.69) is 28.9 Å². The number of aromatic nitrogens is 2. The van der Waals surface area contributed by atoms with Crippen LogP contribution in [0.5, 0.6) is 5.75 Å². The third kappa shape index (κ3) is 5.12. The Morgan fingerprint density at radius 3 is 2.43 bits per heavy atom. The number of ether oxygens (including phenoxy) is 1. The molecule has 0 radical (unpaired) electrons. The molecule has 3 fully saturated rings. The van der Waals surface area contributed by atoms with Gasteiger partial charge < -0.3 is 10.5 Å². The van der Waals surface area contributed by atoms with E-state index in [0.717, 1.165) is 62.9 Å². The maximum absolute atomic E-state index is 12.4. The fraction of sp³-hybridized carbons (Fsp3) is 0.517. The zero-order chi connectivity index (χ0) is 26.2. The fourth-order valence-corrected chi connectivity index (χ4v) is 5.88. The van der Waals surface area contributed by atoms with Gasteiger partial charge in [-0.05, 0) is 69.7 Å². The first-order valence-corrected chi connectivity index (χ1v) is 13.0. The summed E-state index contributed by atoms with van der Waals surface area (Å²) in [5, 5.41) is 14.3. The number of carbonyl (C=O) groups excluding carboxylic acids is 2. The number of likely N-dealkylation sites (tertiary alicyclic amines) is 1. The van der Waals surface area contributed by atoms with Crippen molar-refractivity contribution in [3.8, 4) is 24.2 Å². The van der Waals surface area contributed by atoms with E-state index in [-0.39, 0.29) is 23.7 Å². The van der Waals surface area contributed by atoms with Crippen molar-refractivity contribution in [1.29, 1.82) is 5.26 Å². The van der Waals surface area contributed by atoms with E-state index >= 15 is 0 Å². The molecule has 5 rings (SSSR count). The van der Waals surface area contributed by atoms with Crippen LogP contribution in [0.1, 0.15) is 73.5 Å². The van der Waals surface area contributed by atoms with E-state index in [1.54, 1.807) is 10.9 Å². The number of nitrogens with two attached hydrogens (primary N) is 1. The summed E-state index contributed by atoms with van der Waals surface area (Å²) in [5.74, 6) is 3.05. The third-order valence-electron chi connectivity index (χ3n) is 8.19. The maximum atomic E-state index is 12.4. The Bertz CT molecular complexity index is 1260. The minimum atomic E-state index is -0.584. The van der Waals surface area contributed by atoms with Gasteiger partial charge in [0.1, 0.15) is 17.1 Å². The molecule has 0 bridgehead atoms. The van der Waals surface area contributed by atoms with Gasteiger partial charge in [-0.1, -0.05) is 5.92 Å². The number of terminal acetylenes is 1. The maximum Gasteiger partial charge on any atom is 0.252 e. The van der Waals surface area contributed by atoms with Gasteiger partial charge in [0.15, 0.2) is 0 Å². The molecule has 2 heterocycles. The molecule has 1 aliphatic heterocycles. The van der Waals surface area contributed by atoms with Crippen molar-refractivity contribution in [1.82, 2.24) is 14.7 Å². The van der Waals surface area contributed by atoms with Crippen LogP contribution in [-0.4, -0.2) is 51.1 Å². The summed E-state index contributed by atoms with van der Waals surface area (Å²) < 4.78 is 8.03. The number of primary amides is 1. The predicted octanol–water partition coefficient (Wildman–Crippen LogP) is 3.19. The number of Topliss-reactive ketones (excluding diaryl/α,β-unsaturated/α-hetero) is 1. The molecular formula is C29H33N5O3. The first-order valence-electron chi connectivity index (χ1n) is 13.0. The standard InChI is InChI=1S/C29H33N5O3/c1-3-20-4-8-23(9-5-20)37-28(2)18-33(19-28)22-10-12-29(13-11-22,14-15-30)34-17-24(27(31)36)25(32-34)16-26(35)21-6-7-21/h1,4-5,8-9,17,21-22H,6-7,10-14,16,18-19H2,2H3,(H2,31,36). The summed E-state index contributed by atoms with van der Waals surface area (Å²) >= 11 is 0. The van der Waals surface area contributed by atoms with Gasteiger partial charge in [-0.2, -0.15) is 10.4 Å². The van der Waals surface area contributed by atoms with Crippen molar-refractivity contribution in [2.45, 2.75) is 75.5 Å². The molecule has 1 amide bonds. The van der Waals surface area contributed by atoms with Crippen molar-refractivity contribution < 1.29 is 14.3 Å². The number of ketones is 1. The highest BCUT2D eigenvalue weighted by atomic mass is 16.5. The first kappa shape index (κ1) is 25.0. The molecule has 3 aliphatic rings. The zero-order valence-electron chi connectivity index (χ0n) is 21.3. The Morgan fingerprint density at radius 1 is 1.19 bits per heavy atom. The van der Waals surface area contributed by atoms with E-state index in [4.69, 9.17) is 16.9 Å². The lowest BCUT2D eigenvalue weighted by atomic mass is 9.76. The fourth-order valence-electron chi connectivity index (χ4n) is 5.88. The van der Waals surface area contributed by atoms with E-state index < -0.39 is 11.4 Å². The van der Waals surface area contributed by atoms with Crippen molar-refractivity contribution in [2.75, 3.05) is 13.1 Å². The van der Waals surface area contributed by atoms with Crippen molar-refractivity contribution in [3.05, 3.63) is 47.3 Å². The lowest BCUT2D eigenvalue weighted by molar-refractivity contribution is -0.119. The number of hydrogen-bond donors (Lipinski definition) is 1. The second kappa shape index (κ2) is 9.68. The lowest BCUT2D eigenvalue weighted by Gasteiger charge is -2.53. The highest BCUT2D eigenvalue weighted by Gasteiger charge is 2.47. The SMILES string of the molecule is C#Cc1ccc(OC2(C)CN(C3CCC(CC#N)(n4cc(C(N)=O)c(CC(=O)C5CC5)n4)CC3)C2)cc1.